The van der Waals surface area contributed by atoms with E-state index in [9.17, 15) is 0 Å². The summed E-state index contributed by atoms with van der Waals surface area (Å²) in [6, 6.07) is 0.342. The van der Waals surface area contributed by atoms with Crippen LogP contribution >= 0.6 is 0 Å². The third kappa shape index (κ3) is 4.50. The first kappa shape index (κ1) is 15.9. The molecule has 1 aliphatic heterocycles. The molecule has 0 spiro atoms. The highest BCUT2D eigenvalue weighted by atomic mass is 16.5. The molecule has 1 aliphatic rings. The average Bonchev–Trinajstić information content (AvgIpc) is 2.35. The van der Waals surface area contributed by atoms with Crippen LogP contribution in [0.25, 0.3) is 0 Å². The van der Waals surface area contributed by atoms with E-state index in [1.54, 1.807) is 0 Å². The molecule has 0 aromatic carbocycles. The van der Waals surface area contributed by atoms with Gasteiger partial charge in [0.25, 0.3) is 0 Å². The highest BCUT2D eigenvalue weighted by molar-refractivity contribution is 4.93. The fraction of sp³-hybridized carbons (Fsp3) is 1.00. The van der Waals surface area contributed by atoms with Crippen molar-refractivity contribution in [2.24, 2.45) is 11.8 Å². The Morgan fingerprint density at radius 2 is 1.83 bits per heavy atom. The Hall–Kier alpha value is -0.160. The third-order valence-electron chi connectivity index (χ3n) is 4.15. The molecule has 1 atom stereocenters. The predicted molar refractivity (Wildman–Crippen MR) is 76.3 cm³/mol. The molecule has 18 heavy (non-hydrogen) atoms. The molecular formula is C14H31N3O. The minimum atomic E-state index is 0.0928. The molecule has 3 N–H and O–H groups in total. The fourth-order valence-corrected chi connectivity index (χ4v) is 2.73. The minimum absolute atomic E-state index is 0.0928. The topological polar surface area (TPSA) is 50.5 Å². The second kappa shape index (κ2) is 7.43. The summed E-state index contributed by atoms with van der Waals surface area (Å²) in [4.78, 5) is 2.50. The number of hydrazine groups is 1. The first-order chi connectivity index (χ1) is 8.48. The van der Waals surface area contributed by atoms with Crippen LogP contribution in [0, 0.1) is 5.92 Å². The Balaban J connectivity index is 2.49. The fourth-order valence-electron chi connectivity index (χ4n) is 2.73. The molecule has 0 aliphatic carbocycles. The van der Waals surface area contributed by atoms with E-state index in [0.717, 1.165) is 38.6 Å². The highest BCUT2D eigenvalue weighted by Crippen LogP contribution is 2.24. The van der Waals surface area contributed by atoms with Crippen LogP contribution in [0.2, 0.25) is 0 Å². The van der Waals surface area contributed by atoms with Crippen LogP contribution in [0.5, 0.6) is 0 Å². The van der Waals surface area contributed by atoms with Crippen molar-refractivity contribution in [3.63, 3.8) is 0 Å². The van der Waals surface area contributed by atoms with Crippen LogP contribution in [0.3, 0.4) is 0 Å². The Morgan fingerprint density at radius 1 is 1.22 bits per heavy atom. The maximum Gasteiger partial charge on any atom is 0.0594 e. The Labute approximate surface area is 112 Å². The lowest BCUT2D eigenvalue weighted by Crippen LogP contribution is -2.61. The number of nitrogens with zero attached hydrogens (tertiary/aromatic N) is 1. The van der Waals surface area contributed by atoms with E-state index in [4.69, 9.17) is 10.6 Å². The largest absolute Gasteiger partial charge is 0.379 e. The second-order valence-electron chi connectivity index (χ2n) is 6.30. The maximum atomic E-state index is 5.77. The Morgan fingerprint density at radius 3 is 2.33 bits per heavy atom. The van der Waals surface area contributed by atoms with Gasteiger partial charge in [0.2, 0.25) is 0 Å². The summed E-state index contributed by atoms with van der Waals surface area (Å²) >= 11 is 0. The lowest BCUT2D eigenvalue weighted by molar-refractivity contribution is -0.0247. The molecular weight excluding hydrogens is 226 g/mol. The monoisotopic (exact) mass is 257 g/mol. The molecule has 1 heterocycles. The SMILES string of the molecule is CC(C)CCCC(NN)C(C)(C)N1CCOCC1. The van der Waals surface area contributed by atoms with Gasteiger partial charge in [-0.05, 0) is 26.2 Å². The summed E-state index contributed by atoms with van der Waals surface area (Å²) in [7, 11) is 0. The highest BCUT2D eigenvalue weighted by Gasteiger charge is 2.35. The molecule has 4 nitrogen and oxygen atoms in total. The zero-order valence-electron chi connectivity index (χ0n) is 12.5. The molecule has 1 rings (SSSR count). The smallest absolute Gasteiger partial charge is 0.0594 e. The molecule has 0 saturated carbocycles. The van der Waals surface area contributed by atoms with Crippen LogP contribution in [-0.4, -0.2) is 42.8 Å². The van der Waals surface area contributed by atoms with E-state index in [1.165, 1.54) is 12.8 Å². The second-order valence-corrected chi connectivity index (χ2v) is 6.30. The number of morpholine rings is 1. The molecule has 0 bridgehead atoms. The Bertz CT molecular complexity index is 225. The molecule has 0 aromatic heterocycles. The van der Waals surface area contributed by atoms with Crippen LogP contribution in [0.1, 0.15) is 47.0 Å². The van der Waals surface area contributed by atoms with Gasteiger partial charge in [0.05, 0.1) is 13.2 Å². The zero-order valence-corrected chi connectivity index (χ0v) is 12.5. The Kier molecular flexibility index (Phi) is 6.57. The quantitative estimate of drug-likeness (QED) is 0.539. The molecule has 108 valence electrons. The van der Waals surface area contributed by atoms with Crippen molar-refractivity contribution in [2.45, 2.75) is 58.5 Å². The molecule has 1 fully saturated rings. The van der Waals surface area contributed by atoms with Crippen LogP contribution in [0.4, 0.5) is 0 Å². The number of hydrogen-bond donors (Lipinski definition) is 2. The van der Waals surface area contributed by atoms with Crippen LogP contribution < -0.4 is 11.3 Å². The van der Waals surface area contributed by atoms with E-state index in [2.05, 4.69) is 38.0 Å². The number of rotatable bonds is 7. The van der Waals surface area contributed by atoms with Crippen molar-refractivity contribution >= 4 is 0 Å². The van der Waals surface area contributed by atoms with E-state index < -0.39 is 0 Å². The third-order valence-corrected chi connectivity index (χ3v) is 4.15. The van der Waals surface area contributed by atoms with Gasteiger partial charge in [0.15, 0.2) is 0 Å². The average molecular weight is 257 g/mol. The lowest BCUT2D eigenvalue weighted by atomic mass is 9.87. The molecule has 0 amide bonds. The van der Waals surface area contributed by atoms with Crippen molar-refractivity contribution in [2.75, 3.05) is 26.3 Å². The van der Waals surface area contributed by atoms with Crippen molar-refractivity contribution in [1.82, 2.24) is 10.3 Å². The predicted octanol–water partition coefficient (Wildman–Crippen LogP) is 1.76. The first-order valence-electron chi connectivity index (χ1n) is 7.27. The standard InChI is InChI=1S/C14H31N3O/c1-12(2)6-5-7-13(16-15)14(3,4)17-8-10-18-11-9-17/h12-13,16H,5-11,15H2,1-4H3. The van der Waals surface area contributed by atoms with Crippen LogP contribution in [-0.2, 0) is 4.74 Å². The maximum absolute atomic E-state index is 5.77. The molecule has 0 aromatic rings. The van der Waals surface area contributed by atoms with E-state index >= 15 is 0 Å². The van der Waals surface area contributed by atoms with Gasteiger partial charge in [0, 0.05) is 24.7 Å². The minimum Gasteiger partial charge on any atom is -0.379 e. The summed E-state index contributed by atoms with van der Waals surface area (Å²) in [5.41, 5.74) is 3.12. The normalized spacial score (nSPS) is 20.3. The number of nitrogens with two attached hydrogens (primary N) is 1. The van der Waals surface area contributed by atoms with E-state index in [1.807, 2.05) is 0 Å². The molecule has 0 radical (unpaired) electrons. The van der Waals surface area contributed by atoms with Crippen LogP contribution in [0.15, 0.2) is 0 Å². The van der Waals surface area contributed by atoms with Gasteiger partial charge in [-0.25, -0.2) is 0 Å². The van der Waals surface area contributed by atoms with Crippen molar-refractivity contribution in [3.8, 4) is 0 Å². The first-order valence-corrected chi connectivity index (χ1v) is 7.27. The van der Waals surface area contributed by atoms with Gasteiger partial charge in [-0.3, -0.25) is 16.2 Å². The summed E-state index contributed by atoms with van der Waals surface area (Å²) in [5, 5.41) is 0. The zero-order chi connectivity index (χ0) is 13.6. The molecule has 4 heteroatoms. The van der Waals surface area contributed by atoms with Crippen molar-refractivity contribution in [3.05, 3.63) is 0 Å². The van der Waals surface area contributed by atoms with Gasteiger partial charge in [-0.15, -0.1) is 0 Å². The number of ether oxygens (including phenoxy) is 1. The summed E-state index contributed by atoms with van der Waals surface area (Å²) in [5.74, 6) is 6.55. The van der Waals surface area contributed by atoms with Gasteiger partial charge in [0.1, 0.15) is 0 Å². The van der Waals surface area contributed by atoms with Crippen molar-refractivity contribution in [1.29, 1.82) is 0 Å². The van der Waals surface area contributed by atoms with Gasteiger partial charge >= 0.3 is 0 Å². The molecule has 1 unspecified atom stereocenters. The summed E-state index contributed by atoms with van der Waals surface area (Å²) in [6.45, 7) is 12.8. The van der Waals surface area contributed by atoms with E-state index in [0.29, 0.717) is 6.04 Å². The molecule has 1 saturated heterocycles. The number of nitrogens with one attached hydrogen (secondary N) is 1. The van der Waals surface area contributed by atoms with Crippen molar-refractivity contribution < 1.29 is 4.74 Å². The summed E-state index contributed by atoms with van der Waals surface area (Å²) in [6.07, 6.45) is 3.65. The van der Waals surface area contributed by atoms with Gasteiger partial charge < -0.3 is 4.74 Å². The summed E-state index contributed by atoms with van der Waals surface area (Å²) < 4.78 is 5.43. The van der Waals surface area contributed by atoms with E-state index in [-0.39, 0.29) is 5.54 Å². The number of hydrogen-bond acceptors (Lipinski definition) is 4. The lowest BCUT2D eigenvalue weighted by Gasteiger charge is -2.45. The van der Waals surface area contributed by atoms with Gasteiger partial charge in [-0.1, -0.05) is 26.7 Å². The van der Waals surface area contributed by atoms with Gasteiger partial charge in [-0.2, -0.15) is 0 Å².